The summed E-state index contributed by atoms with van der Waals surface area (Å²) in [5.41, 5.74) is 0.966. The van der Waals surface area contributed by atoms with Crippen LogP contribution in [0.2, 0.25) is 0 Å². The van der Waals surface area contributed by atoms with Gasteiger partial charge in [-0.05, 0) is 42.0 Å². The minimum atomic E-state index is -4.38. The van der Waals surface area contributed by atoms with Gasteiger partial charge < -0.3 is 33.5 Å². The van der Waals surface area contributed by atoms with Crippen molar-refractivity contribution in [1.29, 1.82) is 0 Å². The van der Waals surface area contributed by atoms with E-state index in [4.69, 9.17) is 28.4 Å². The van der Waals surface area contributed by atoms with E-state index in [1.807, 2.05) is 0 Å². The first-order valence-electron chi connectivity index (χ1n) is 10.6. The van der Waals surface area contributed by atoms with Gasteiger partial charge in [-0.1, -0.05) is 6.07 Å². The molecule has 3 heterocycles. The Kier molecular flexibility index (Phi) is 4.86. The fourth-order valence-corrected chi connectivity index (χ4v) is 5.90. The van der Waals surface area contributed by atoms with Crippen molar-refractivity contribution in [3.8, 4) is 28.7 Å². The summed E-state index contributed by atoms with van der Waals surface area (Å²) in [4.78, 5) is 11.7. The maximum absolute atomic E-state index is 14.0. The average molecular weight is 511 g/mol. The van der Waals surface area contributed by atoms with Gasteiger partial charge in [0.05, 0.1) is 23.3 Å². The zero-order valence-electron chi connectivity index (χ0n) is 18.6. The number of anilines is 1. The van der Waals surface area contributed by atoms with Crippen LogP contribution in [0.5, 0.6) is 28.7 Å². The van der Waals surface area contributed by atoms with E-state index in [1.165, 1.54) is 37.4 Å². The number of methoxy groups -OCH3 is 1. The molecule has 3 aliphatic heterocycles. The second-order valence-corrected chi connectivity index (χ2v) is 9.54. The fraction of sp³-hybridized carbons (Fsp3) is 0.125. The van der Waals surface area contributed by atoms with Gasteiger partial charge in [-0.25, -0.2) is 17.5 Å². The van der Waals surface area contributed by atoms with E-state index in [9.17, 15) is 18.3 Å². The van der Waals surface area contributed by atoms with Crippen LogP contribution < -0.4 is 28.0 Å². The van der Waals surface area contributed by atoms with Crippen LogP contribution in [0, 0.1) is 0 Å². The molecule has 1 N–H and O–H groups in total. The Morgan fingerprint density at radius 3 is 2.25 bits per heavy atom. The lowest BCUT2D eigenvalue weighted by molar-refractivity contribution is 0.119. The van der Waals surface area contributed by atoms with Crippen molar-refractivity contribution in [3.63, 3.8) is 0 Å². The summed E-state index contributed by atoms with van der Waals surface area (Å²) < 4.78 is 60.9. The fourth-order valence-electron chi connectivity index (χ4n) is 4.25. The molecule has 0 atom stereocenters. The van der Waals surface area contributed by atoms with Crippen molar-refractivity contribution in [2.75, 3.05) is 25.0 Å². The Bertz CT molecular complexity index is 1560. The molecule has 0 aliphatic carbocycles. The lowest BCUT2D eigenvalue weighted by Gasteiger charge is -2.33. The summed E-state index contributed by atoms with van der Waals surface area (Å²) in [6.45, 7) is 0.00411. The molecule has 0 bridgehead atoms. The summed E-state index contributed by atoms with van der Waals surface area (Å²) in [6, 6.07) is 13.9. The number of ether oxygens (including phenoxy) is 6. The highest BCUT2D eigenvalue weighted by atomic mass is 32.2. The van der Waals surface area contributed by atoms with Crippen molar-refractivity contribution >= 4 is 27.4 Å². The molecule has 3 aliphatic rings. The summed E-state index contributed by atoms with van der Waals surface area (Å²) in [6.07, 6.45) is -1.69. The van der Waals surface area contributed by atoms with E-state index in [0.29, 0.717) is 34.3 Å². The molecule has 3 aromatic carbocycles. The van der Waals surface area contributed by atoms with E-state index in [-0.39, 0.29) is 35.3 Å². The van der Waals surface area contributed by atoms with E-state index >= 15 is 0 Å². The topological polar surface area (TPSA) is 130 Å². The van der Waals surface area contributed by atoms with Gasteiger partial charge in [0.2, 0.25) is 19.5 Å². The lowest BCUT2D eigenvalue weighted by atomic mass is 9.97. The monoisotopic (exact) mass is 511 g/mol. The third-order valence-electron chi connectivity index (χ3n) is 5.81. The lowest BCUT2D eigenvalue weighted by Crippen LogP contribution is -2.37. The SMILES string of the molecule is COc1ccc2c(c1)S(=O)(=O)N(c1ccc3c(c1)OCO3)C(OC(=O)O)=C2c1ccc2c(c1)OCO2. The van der Waals surface area contributed by atoms with Crippen molar-refractivity contribution in [2.24, 2.45) is 0 Å². The van der Waals surface area contributed by atoms with E-state index < -0.39 is 22.1 Å². The first kappa shape index (κ1) is 21.9. The third-order valence-corrected chi connectivity index (χ3v) is 7.56. The van der Waals surface area contributed by atoms with Crippen LogP contribution >= 0.6 is 0 Å². The minimum Gasteiger partial charge on any atom is -0.497 e. The van der Waals surface area contributed by atoms with Crippen LogP contribution in [0.1, 0.15) is 11.1 Å². The van der Waals surface area contributed by atoms with Gasteiger partial charge in [-0.2, -0.15) is 0 Å². The number of hydrogen-bond donors (Lipinski definition) is 1. The first-order valence-corrected chi connectivity index (χ1v) is 12.0. The van der Waals surface area contributed by atoms with Crippen molar-refractivity contribution in [1.82, 2.24) is 0 Å². The van der Waals surface area contributed by atoms with Crippen LogP contribution in [0.25, 0.3) is 5.57 Å². The van der Waals surface area contributed by atoms with Gasteiger partial charge in [0.1, 0.15) is 5.75 Å². The van der Waals surface area contributed by atoms with Crippen molar-refractivity contribution in [3.05, 3.63) is 71.6 Å². The van der Waals surface area contributed by atoms with Gasteiger partial charge in [0.15, 0.2) is 23.0 Å². The first-order chi connectivity index (χ1) is 17.4. The number of benzene rings is 3. The molecule has 0 amide bonds. The van der Waals surface area contributed by atoms with Crippen molar-refractivity contribution < 1.29 is 46.7 Å². The predicted molar refractivity (Wildman–Crippen MR) is 123 cm³/mol. The van der Waals surface area contributed by atoms with Crippen LogP contribution in [0.3, 0.4) is 0 Å². The van der Waals surface area contributed by atoms with E-state index in [2.05, 4.69) is 0 Å². The summed E-state index contributed by atoms with van der Waals surface area (Å²) in [7, 11) is -2.96. The zero-order valence-corrected chi connectivity index (χ0v) is 19.4. The van der Waals surface area contributed by atoms with Crippen molar-refractivity contribution in [2.45, 2.75) is 4.90 Å². The molecule has 3 aromatic rings. The molecule has 0 radical (unpaired) electrons. The molecule has 11 nitrogen and oxygen atoms in total. The molecule has 184 valence electrons. The molecule has 0 aromatic heterocycles. The summed E-state index contributed by atoms with van der Waals surface area (Å²) >= 11 is 0. The van der Waals surface area contributed by atoms with Crippen LogP contribution in [0.15, 0.2) is 65.4 Å². The Morgan fingerprint density at radius 1 is 0.889 bits per heavy atom. The number of sulfonamides is 1. The van der Waals surface area contributed by atoms with Gasteiger partial charge in [0.25, 0.3) is 10.0 Å². The standard InChI is InChI=1S/C24H17NO10S/c1-30-15-4-5-16-21(10-15)36(28,29)25(14-3-7-18-20(9-14)34-12-32-18)23(35-24(26)27)22(16)13-2-6-17-19(8-13)33-11-31-17/h2-10H,11-12H2,1H3,(H,26,27). The second-order valence-electron chi connectivity index (χ2n) is 7.79. The zero-order chi connectivity index (χ0) is 25.0. The second kappa shape index (κ2) is 7.99. The normalized spacial score (nSPS) is 16.5. The Morgan fingerprint density at radius 2 is 1.56 bits per heavy atom. The molecular formula is C24H17NO10S. The highest BCUT2D eigenvalue weighted by Gasteiger charge is 2.42. The maximum Gasteiger partial charge on any atom is 0.512 e. The molecule has 0 spiro atoms. The Balaban J connectivity index is 1.67. The van der Waals surface area contributed by atoms with Gasteiger partial charge in [-0.15, -0.1) is 0 Å². The third kappa shape index (κ3) is 3.33. The highest BCUT2D eigenvalue weighted by Crippen LogP contribution is 2.47. The Hall–Kier alpha value is -4.58. The van der Waals surface area contributed by atoms with E-state index in [1.54, 1.807) is 24.3 Å². The molecule has 12 heteroatoms. The van der Waals surface area contributed by atoms with Crippen LogP contribution in [0.4, 0.5) is 10.5 Å². The highest BCUT2D eigenvalue weighted by molar-refractivity contribution is 7.93. The molecule has 0 saturated heterocycles. The minimum absolute atomic E-state index is 0.0255. The summed E-state index contributed by atoms with van der Waals surface area (Å²) in [5, 5.41) is 9.62. The smallest absolute Gasteiger partial charge is 0.497 e. The number of fused-ring (bicyclic) bond motifs is 3. The van der Waals surface area contributed by atoms with E-state index in [0.717, 1.165) is 4.31 Å². The molecule has 6 rings (SSSR count). The number of rotatable bonds is 4. The summed E-state index contributed by atoms with van der Waals surface area (Å²) in [5.74, 6) is 1.53. The van der Waals surface area contributed by atoms with Gasteiger partial charge >= 0.3 is 6.16 Å². The quantitative estimate of drug-likeness (QED) is 0.517. The molecule has 0 fully saturated rings. The van der Waals surface area contributed by atoms with Gasteiger partial charge in [-0.3, -0.25) is 0 Å². The molecule has 36 heavy (non-hydrogen) atoms. The number of hydrogen-bond acceptors (Lipinski definition) is 9. The van der Waals surface area contributed by atoms with Gasteiger partial charge in [0, 0.05) is 17.7 Å². The average Bonchev–Trinajstić information content (AvgIpc) is 3.52. The molecular weight excluding hydrogens is 494 g/mol. The largest absolute Gasteiger partial charge is 0.512 e. The molecule has 0 unspecified atom stereocenters. The maximum atomic E-state index is 14.0. The van der Waals surface area contributed by atoms with Crippen LogP contribution in [-0.4, -0.2) is 40.4 Å². The Labute approximate surface area is 204 Å². The predicted octanol–water partition coefficient (Wildman–Crippen LogP) is 3.77. The number of carboxylic acid groups (broad SMARTS) is 1. The number of nitrogens with zero attached hydrogens (tertiary/aromatic N) is 1. The number of carbonyl (C=O) groups is 1. The molecule has 0 saturated carbocycles. The van der Waals surface area contributed by atoms with Crippen LogP contribution in [-0.2, 0) is 14.8 Å².